The Kier molecular flexibility index (Phi) is 8.29. The third-order valence-corrected chi connectivity index (χ3v) is 5.88. The maximum absolute atomic E-state index is 13.0. The Labute approximate surface area is 220 Å². The molecular formula is C29H32F3NO5. The van der Waals surface area contributed by atoms with Crippen LogP contribution in [-0.4, -0.2) is 29.7 Å². The first-order valence-corrected chi connectivity index (χ1v) is 12.0. The second kappa shape index (κ2) is 10.9. The second-order valence-corrected chi connectivity index (χ2v) is 10.5. The third kappa shape index (κ3) is 7.18. The van der Waals surface area contributed by atoms with Crippen LogP contribution in [-0.2, 0) is 38.9 Å². The van der Waals surface area contributed by atoms with Gasteiger partial charge < -0.3 is 13.9 Å². The largest absolute Gasteiger partial charge is 0.468 e. The molecule has 2 aromatic carbocycles. The molecule has 0 aliphatic carbocycles. The minimum absolute atomic E-state index is 0.00941. The van der Waals surface area contributed by atoms with Gasteiger partial charge in [-0.1, -0.05) is 48.5 Å². The SMILES string of the molecule is COC(=O)C(C)(C)c1cccc(-c2ccc(CN(Cc3ccc(C(F)(F)F)o3)C(=O)OC(C)(C)C)cc2)c1. The molecule has 0 saturated heterocycles. The van der Waals surface area contributed by atoms with Crippen molar-refractivity contribution in [3.8, 4) is 11.1 Å². The summed E-state index contributed by atoms with van der Waals surface area (Å²) >= 11 is 0. The standard InChI is InChI=1S/C29H32F3NO5/c1-27(2,3)38-26(35)33(18-23-14-15-24(37-23)29(30,31)32)17-19-10-12-20(13-11-19)21-8-7-9-22(16-21)28(4,5)25(34)36-6/h7-16H,17-18H2,1-6H3. The highest BCUT2D eigenvalue weighted by Crippen LogP contribution is 2.32. The van der Waals surface area contributed by atoms with Crippen LogP contribution in [0.5, 0.6) is 0 Å². The van der Waals surface area contributed by atoms with Crippen LogP contribution >= 0.6 is 0 Å². The number of ether oxygens (including phenoxy) is 2. The molecule has 0 fully saturated rings. The number of hydrogen-bond donors (Lipinski definition) is 0. The first-order chi connectivity index (χ1) is 17.6. The first kappa shape index (κ1) is 28.8. The van der Waals surface area contributed by atoms with E-state index < -0.39 is 29.0 Å². The number of rotatable bonds is 7. The maximum atomic E-state index is 13.0. The van der Waals surface area contributed by atoms with Gasteiger partial charge in [-0.05, 0) is 69.0 Å². The van der Waals surface area contributed by atoms with E-state index in [1.807, 2.05) is 48.5 Å². The van der Waals surface area contributed by atoms with Crippen LogP contribution < -0.4 is 0 Å². The number of alkyl halides is 3. The van der Waals surface area contributed by atoms with Gasteiger partial charge in [0.1, 0.15) is 11.4 Å². The van der Waals surface area contributed by atoms with Gasteiger partial charge in [0.05, 0.1) is 19.1 Å². The fourth-order valence-corrected chi connectivity index (χ4v) is 3.80. The van der Waals surface area contributed by atoms with Gasteiger partial charge >= 0.3 is 18.2 Å². The van der Waals surface area contributed by atoms with Crippen molar-refractivity contribution in [3.63, 3.8) is 0 Å². The predicted molar refractivity (Wildman–Crippen MR) is 136 cm³/mol. The van der Waals surface area contributed by atoms with E-state index >= 15 is 0 Å². The van der Waals surface area contributed by atoms with E-state index in [1.54, 1.807) is 34.6 Å². The number of carbonyl (C=O) groups excluding carboxylic acids is 2. The van der Waals surface area contributed by atoms with E-state index in [9.17, 15) is 22.8 Å². The van der Waals surface area contributed by atoms with Gasteiger partial charge in [-0.2, -0.15) is 13.2 Å². The van der Waals surface area contributed by atoms with Crippen molar-refractivity contribution >= 4 is 12.1 Å². The lowest BCUT2D eigenvalue weighted by molar-refractivity contribution is -0.153. The molecule has 1 aromatic heterocycles. The molecule has 38 heavy (non-hydrogen) atoms. The number of halogens is 3. The lowest BCUT2D eigenvalue weighted by Gasteiger charge is -2.27. The molecule has 0 N–H and O–H groups in total. The molecule has 0 spiro atoms. The van der Waals surface area contributed by atoms with Gasteiger partial charge in [0.15, 0.2) is 0 Å². The zero-order valence-electron chi connectivity index (χ0n) is 22.3. The topological polar surface area (TPSA) is 69.0 Å². The second-order valence-electron chi connectivity index (χ2n) is 10.5. The van der Waals surface area contributed by atoms with E-state index in [0.717, 1.165) is 28.3 Å². The molecule has 1 heterocycles. The van der Waals surface area contributed by atoms with Gasteiger partial charge in [-0.25, -0.2) is 4.79 Å². The average molecular weight is 532 g/mol. The van der Waals surface area contributed by atoms with Crippen LogP contribution in [0.1, 0.15) is 57.3 Å². The number of furan rings is 1. The molecule has 0 unspecified atom stereocenters. The van der Waals surface area contributed by atoms with Crippen LogP contribution in [0, 0.1) is 0 Å². The zero-order chi connectivity index (χ0) is 28.3. The summed E-state index contributed by atoms with van der Waals surface area (Å²) in [6.45, 7) is 8.61. The fraction of sp³-hybridized carbons (Fsp3) is 0.379. The monoisotopic (exact) mass is 531 g/mol. The predicted octanol–water partition coefficient (Wildman–Crippen LogP) is 7.35. The fourth-order valence-electron chi connectivity index (χ4n) is 3.80. The van der Waals surface area contributed by atoms with Crippen LogP contribution in [0.3, 0.4) is 0 Å². The number of amides is 1. The molecule has 0 atom stereocenters. The Balaban J connectivity index is 1.83. The summed E-state index contributed by atoms with van der Waals surface area (Å²) in [4.78, 5) is 26.4. The number of hydrogen-bond acceptors (Lipinski definition) is 5. The Morgan fingerprint density at radius 1 is 0.868 bits per heavy atom. The van der Waals surface area contributed by atoms with E-state index in [0.29, 0.717) is 0 Å². The first-order valence-electron chi connectivity index (χ1n) is 12.0. The Morgan fingerprint density at radius 2 is 1.53 bits per heavy atom. The van der Waals surface area contributed by atoms with E-state index in [1.165, 1.54) is 18.1 Å². The lowest BCUT2D eigenvalue weighted by atomic mass is 9.83. The molecule has 0 aliphatic rings. The minimum Gasteiger partial charge on any atom is -0.468 e. The van der Waals surface area contributed by atoms with Crippen molar-refractivity contribution in [1.82, 2.24) is 4.90 Å². The summed E-state index contributed by atoms with van der Waals surface area (Å²) in [5.41, 5.74) is 1.72. The summed E-state index contributed by atoms with van der Waals surface area (Å²) in [6.07, 6.45) is -5.29. The summed E-state index contributed by atoms with van der Waals surface area (Å²) in [5.74, 6) is -1.48. The normalized spacial score (nSPS) is 12.2. The van der Waals surface area contributed by atoms with Crippen LogP contribution in [0.2, 0.25) is 0 Å². The molecule has 204 valence electrons. The van der Waals surface area contributed by atoms with Gasteiger partial charge in [-0.3, -0.25) is 9.69 Å². The van der Waals surface area contributed by atoms with Crippen LogP contribution in [0.25, 0.3) is 11.1 Å². The van der Waals surface area contributed by atoms with Gasteiger partial charge in [0.2, 0.25) is 5.76 Å². The molecule has 3 rings (SSSR count). The van der Waals surface area contributed by atoms with Crippen molar-refractivity contribution in [1.29, 1.82) is 0 Å². The maximum Gasteiger partial charge on any atom is 0.449 e. The van der Waals surface area contributed by atoms with Crippen LogP contribution in [0.15, 0.2) is 65.1 Å². The number of methoxy groups -OCH3 is 1. The molecule has 1 amide bonds. The minimum atomic E-state index is -4.62. The zero-order valence-corrected chi connectivity index (χ0v) is 22.3. The summed E-state index contributed by atoms with van der Waals surface area (Å²) in [7, 11) is 1.36. The smallest absolute Gasteiger partial charge is 0.449 e. The molecule has 0 saturated carbocycles. The molecule has 0 bridgehead atoms. The number of nitrogens with zero attached hydrogens (tertiary/aromatic N) is 1. The van der Waals surface area contributed by atoms with Crippen molar-refractivity contribution in [2.24, 2.45) is 0 Å². The molecule has 6 nitrogen and oxygen atoms in total. The van der Waals surface area contributed by atoms with Crippen molar-refractivity contribution in [3.05, 3.63) is 83.3 Å². The van der Waals surface area contributed by atoms with Crippen LogP contribution in [0.4, 0.5) is 18.0 Å². The third-order valence-electron chi connectivity index (χ3n) is 5.88. The Morgan fingerprint density at radius 3 is 2.08 bits per heavy atom. The van der Waals surface area contributed by atoms with Crippen molar-refractivity contribution in [2.75, 3.05) is 7.11 Å². The highest BCUT2D eigenvalue weighted by atomic mass is 19.4. The summed E-state index contributed by atoms with van der Waals surface area (Å²) in [6, 6.07) is 17.0. The van der Waals surface area contributed by atoms with Gasteiger partial charge in [0.25, 0.3) is 0 Å². The molecule has 0 radical (unpaired) electrons. The molecular weight excluding hydrogens is 499 g/mol. The molecule has 9 heteroatoms. The van der Waals surface area contributed by atoms with Gasteiger partial charge in [-0.15, -0.1) is 0 Å². The average Bonchev–Trinajstić information content (AvgIpc) is 3.32. The molecule has 3 aromatic rings. The molecule has 0 aliphatic heterocycles. The summed E-state index contributed by atoms with van der Waals surface area (Å²) < 4.78 is 54.2. The van der Waals surface area contributed by atoms with Crippen molar-refractivity contribution in [2.45, 2.75) is 64.9 Å². The van der Waals surface area contributed by atoms with E-state index in [-0.39, 0.29) is 24.8 Å². The van der Waals surface area contributed by atoms with E-state index in [4.69, 9.17) is 13.9 Å². The Hall–Kier alpha value is -3.75. The Bertz CT molecular complexity index is 1270. The van der Waals surface area contributed by atoms with Gasteiger partial charge in [0, 0.05) is 6.54 Å². The highest BCUT2D eigenvalue weighted by Gasteiger charge is 2.35. The number of esters is 1. The number of benzene rings is 2. The lowest BCUT2D eigenvalue weighted by Crippen LogP contribution is -2.36. The quantitative estimate of drug-likeness (QED) is 0.298. The number of carbonyl (C=O) groups is 2. The van der Waals surface area contributed by atoms with Crippen molar-refractivity contribution < 1.29 is 36.7 Å². The summed E-state index contributed by atoms with van der Waals surface area (Å²) in [5, 5.41) is 0. The highest BCUT2D eigenvalue weighted by molar-refractivity contribution is 5.83. The van der Waals surface area contributed by atoms with E-state index in [2.05, 4.69) is 0 Å².